The molecule has 130 valence electrons. The van der Waals surface area contributed by atoms with Gasteiger partial charge in [-0.05, 0) is 29.0 Å². The molecule has 0 saturated heterocycles. The zero-order valence-electron chi connectivity index (χ0n) is 14.0. The van der Waals surface area contributed by atoms with Crippen LogP contribution >= 0.6 is 11.3 Å². The molecule has 0 aliphatic rings. The van der Waals surface area contributed by atoms with E-state index in [1.54, 1.807) is 36.6 Å². The molecule has 3 aromatic rings. The van der Waals surface area contributed by atoms with E-state index >= 15 is 0 Å². The Morgan fingerprint density at radius 3 is 2.76 bits per heavy atom. The maximum Gasteiger partial charge on any atom is 0.255 e. The SMILES string of the molecule is COc1ccc(C(=O)NCC(O)c2csc3ccccc23)c(OC)c1. The minimum atomic E-state index is -0.774. The van der Waals surface area contributed by atoms with Crippen molar-refractivity contribution in [1.82, 2.24) is 5.32 Å². The molecule has 2 N–H and O–H groups in total. The summed E-state index contributed by atoms with van der Waals surface area (Å²) >= 11 is 1.58. The van der Waals surface area contributed by atoms with Crippen LogP contribution in [0.3, 0.4) is 0 Å². The highest BCUT2D eigenvalue weighted by Gasteiger charge is 2.17. The van der Waals surface area contributed by atoms with Gasteiger partial charge in [-0.2, -0.15) is 0 Å². The zero-order chi connectivity index (χ0) is 17.8. The Bertz CT molecular complexity index is 890. The fraction of sp³-hybridized carbons (Fsp3) is 0.211. The van der Waals surface area contributed by atoms with E-state index in [0.29, 0.717) is 17.1 Å². The van der Waals surface area contributed by atoms with E-state index < -0.39 is 6.10 Å². The van der Waals surface area contributed by atoms with Crippen LogP contribution in [0.25, 0.3) is 10.1 Å². The molecular weight excluding hydrogens is 338 g/mol. The molecule has 1 heterocycles. The average Bonchev–Trinajstić information content (AvgIpc) is 3.09. The Morgan fingerprint density at radius 2 is 2.00 bits per heavy atom. The fourth-order valence-electron chi connectivity index (χ4n) is 2.64. The van der Waals surface area contributed by atoms with Gasteiger partial charge >= 0.3 is 0 Å². The highest BCUT2D eigenvalue weighted by atomic mass is 32.1. The first-order valence-corrected chi connectivity index (χ1v) is 8.66. The molecule has 3 rings (SSSR count). The molecular formula is C19H19NO4S. The van der Waals surface area contributed by atoms with Gasteiger partial charge in [-0.1, -0.05) is 18.2 Å². The molecule has 0 aliphatic carbocycles. The molecule has 1 amide bonds. The Hall–Kier alpha value is -2.57. The van der Waals surface area contributed by atoms with Gasteiger partial charge in [0, 0.05) is 22.9 Å². The molecule has 0 spiro atoms. The molecule has 25 heavy (non-hydrogen) atoms. The maximum absolute atomic E-state index is 12.4. The second kappa shape index (κ2) is 7.55. The van der Waals surface area contributed by atoms with Crippen molar-refractivity contribution in [2.75, 3.05) is 20.8 Å². The smallest absolute Gasteiger partial charge is 0.255 e. The number of nitrogens with one attached hydrogen (secondary N) is 1. The molecule has 1 aromatic heterocycles. The third-order valence-electron chi connectivity index (χ3n) is 3.98. The van der Waals surface area contributed by atoms with E-state index in [9.17, 15) is 9.90 Å². The van der Waals surface area contributed by atoms with E-state index in [1.807, 2.05) is 29.6 Å². The Morgan fingerprint density at radius 1 is 1.20 bits per heavy atom. The highest BCUT2D eigenvalue weighted by Crippen LogP contribution is 2.30. The topological polar surface area (TPSA) is 67.8 Å². The predicted octanol–water partition coefficient (Wildman–Crippen LogP) is 3.38. The lowest BCUT2D eigenvalue weighted by atomic mass is 10.1. The molecule has 0 saturated carbocycles. The number of carbonyl (C=O) groups excluding carboxylic acids is 1. The molecule has 6 heteroatoms. The van der Waals surface area contributed by atoms with Crippen LogP contribution in [0.1, 0.15) is 22.0 Å². The molecule has 0 aliphatic heterocycles. The van der Waals surface area contributed by atoms with Crippen molar-refractivity contribution in [1.29, 1.82) is 0 Å². The summed E-state index contributed by atoms with van der Waals surface area (Å²) in [5.41, 5.74) is 1.22. The highest BCUT2D eigenvalue weighted by molar-refractivity contribution is 7.17. The maximum atomic E-state index is 12.4. The van der Waals surface area contributed by atoms with Gasteiger partial charge in [0.1, 0.15) is 11.5 Å². The first kappa shape index (κ1) is 17.3. The Balaban J connectivity index is 1.72. The summed E-state index contributed by atoms with van der Waals surface area (Å²) in [7, 11) is 3.05. The molecule has 0 fully saturated rings. The number of ether oxygens (including phenoxy) is 2. The number of aliphatic hydroxyl groups excluding tert-OH is 1. The number of rotatable bonds is 6. The Labute approximate surface area is 149 Å². The summed E-state index contributed by atoms with van der Waals surface area (Å²) in [5, 5.41) is 16.1. The fourth-order valence-corrected chi connectivity index (χ4v) is 3.65. The van der Waals surface area contributed by atoms with Gasteiger partial charge in [-0.25, -0.2) is 0 Å². The van der Waals surface area contributed by atoms with Crippen LogP contribution in [0.15, 0.2) is 47.8 Å². The van der Waals surface area contributed by atoms with Crippen LogP contribution in [0.4, 0.5) is 0 Å². The van der Waals surface area contributed by atoms with Gasteiger partial charge in [0.05, 0.1) is 25.9 Å². The standard InChI is InChI=1S/C19H19NO4S/c1-23-12-7-8-14(17(9-12)24-2)19(22)20-10-16(21)15-11-25-18-6-4-3-5-13(15)18/h3-9,11,16,21H,10H2,1-2H3,(H,20,22). The van der Waals surface area contributed by atoms with Gasteiger partial charge in [-0.15, -0.1) is 11.3 Å². The van der Waals surface area contributed by atoms with Crippen LogP contribution in [0, 0.1) is 0 Å². The monoisotopic (exact) mass is 357 g/mol. The van der Waals surface area contributed by atoms with E-state index in [1.165, 1.54) is 7.11 Å². The normalized spacial score (nSPS) is 12.0. The minimum Gasteiger partial charge on any atom is -0.497 e. The number of carbonyl (C=O) groups is 1. The van der Waals surface area contributed by atoms with E-state index in [2.05, 4.69) is 5.32 Å². The van der Waals surface area contributed by atoms with Crippen LogP contribution in [-0.2, 0) is 0 Å². The number of aliphatic hydroxyl groups is 1. The summed E-state index contributed by atoms with van der Waals surface area (Å²) in [5.74, 6) is 0.726. The summed E-state index contributed by atoms with van der Waals surface area (Å²) in [6.07, 6.45) is -0.774. The van der Waals surface area contributed by atoms with E-state index in [0.717, 1.165) is 15.6 Å². The van der Waals surface area contributed by atoms with Crippen molar-refractivity contribution in [3.05, 3.63) is 59.0 Å². The number of thiophene rings is 1. The van der Waals surface area contributed by atoms with Crippen LogP contribution in [0.5, 0.6) is 11.5 Å². The molecule has 1 atom stereocenters. The number of benzene rings is 2. The summed E-state index contributed by atoms with van der Waals surface area (Å²) in [4.78, 5) is 12.4. The number of fused-ring (bicyclic) bond motifs is 1. The second-order valence-electron chi connectivity index (χ2n) is 5.48. The lowest BCUT2D eigenvalue weighted by Crippen LogP contribution is -2.28. The third kappa shape index (κ3) is 3.60. The summed E-state index contributed by atoms with van der Waals surface area (Å²) in [6.45, 7) is 0.120. The number of hydrogen-bond donors (Lipinski definition) is 2. The first-order valence-electron chi connectivity index (χ1n) is 7.78. The van der Waals surface area contributed by atoms with Crippen molar-refractivity contribution in [2.24, 2.45) is 0 Å². The summed E-state index contributed by atoms with van der Waals surface area (Å²) in [6, 6.07) is 12.9. The Kier molecular flexibility index (Phi) is 5.21. The van der Waals surface area contributed by atoms with Gasteiger partial charge in [-0.3, -0.25) is 4.79 Å². The zero-order valence-corrected chi connectivity index (χ0v) is 14.8. The summed E-state index contributed by atoms with van der Waals surface area (Å²) < 4.78 is 11.5. The molecule has 0 bridgehead atoms. The van der Waals surface area contributed by atoms with Crippen molar-refractivity contribution in [3.8, 4) is 11.5 Å². The largest absolute Gasteiger partial charge is 0.497 e. The number of methoxy groups -OCH3 is 2. The number of amides is 1. The van der Waals surface area contributed by atoms with Gasteiger partial charge in [0.15, 0.2) is 0 Å². The molecule has 5 nitrogen and oxygen atoms in total. The second-order valence-corrected chi connectivity index (χ2v) is 6.39. The lowest BCUT2D eigenvalue weighted by Gasteiger charge is -2.14. The lowest BCUT2D eigenvalue weighted by molar-refractivity contribution is 0.0914. The first-order chi connectivity index (χ1) is 12.1. The van der Waals surface area contributed by atoms with Crippen LogP contribution in [-0.4, -0.2) is 31.8 Å². The third-order valence-corrected chi connectivity index (χ3v) is 4.96. The van der Waals surface area contributed by atoms with Gasteiger partial charge in [0.2, 0.25) is 0 Å². The predicted molar refractivity (Wildman–Crippen MR) is 98.7 cm³/mol. The quantitative estimate of drug-likeness (QED) is 0.710. The van der Waals surface area contributed by atoms with Crippen molar-refractivity contribution in [2.45, 2.75) is 6.10 Å². The number of hydrogen-bond acceptors (Lipinski definition) is 5. The van der Waals surface area contributed by atoms with Crippen molar-refractivity contribution < 1.29 is 19.4 Å². The average molecular weight is 357 g/mol. The van der Waals surface area contributed by atoms with Gasteiger partial charge < -0.3 is 19.9 Å². The van der Waals surface area contributed by atoms with Crippen molar-refractivity contribution >= 4 is 27.3 Å². The van der Waals surface area contributed by atoms with E-state index in [-0.39, 0.29) is 12.5 Å². The van der Waals surface area contributed by atoms with E-state index in [4.69, 9.17) is 9.47 Å². The minimum absolute atomic E-state index is 0.120. The van der Waals surface area contributed by atoms with Crippen LogP contribution in [0.2, 0.25) is 0 Å². The van der Waals surface area contributed by atoms with Crippen LogP contribution < -0.4 is 14.8 Å². The molecule has 2 aromatic carbocycles. The molecule has 0 radical (unpaired) electrons. The molecule has 1 unspecified atom stereocenters. The van der Waals surface area contributed by atoms with Crippen molar-refractivity contribution in [3.63, 3.8) is 0 Å². The van der Waals surface area contributed by atoms with Gasteiger partial charge in [0.25, 0.3) is 5.91 Å².